The van der Waals surface area contributed by atoms with Gasteiger partial charge in [-0.1, -0.05) is 6.92 Å². The predicted octanol–water partition coefficient (Wildman–Crippen LogP) is 3.48. The van der Waals surface area contributed by atoms with E-state index in [1.54, 1.807) is 0 Å². The SMILES string of the molecule is CC1N=C(O[Si](C)(C)C)N=C(O[Si](C)(C)C)C1C. The van der Waals surface area contributed by atoms with Gasteiger partial charge in [-0.3, -0.25) is 0 Å². The Kier molecular flexibility index (Phi) is 4.43. The average molecular weight is 287 g/mol. The summed E-state index contributed by atoms with van der Waals surface area (Å²) in [5.41, 5.74) is 0. The van der Waals surface area contributed by atoms with Gasteiger partial charge in [0.25, 0.3) is 0 Å². The highest BCUT2D eigenvalue weighted by molar-refractivity contribution is 6.72. The largest absolute Gasteiger partial charge is 0.534 e. The first-order valence-corrected chi connectivity index (χ1v) is 13.3. The van der Waals surface area contributed by atoms with Gasteiger partial charge in [-0.15, -0.1) is 0 Å². The smallest absolute Gasteiger partial charge is 0.301 e. The van der Waals surface area contributed by atoms with E-state index in [4.69, 9.17) is 8.85 Å². The van der Waals surface area contributed by atoms with Gasteiger partial charge in [0.15, 0.2) is 5.90 Å². The second-order valence-corrected chi connectivity index (χ2v) is 15.7. The topological polar surface area (TPSA) is 43.2 Å². The number of amidine groups is 1. The van der Waals surface area contributed by atoms with E-state index in [1.807, 2.05) is 0 Å². The first kappa shape index (κ1) is 15.4. The Bertz CT molecular complexity index is 367. The van der Waals surface area contributed by atoms with E-state index < -0.39 is 16.6 Å². The van der Waals surface area contributed by atoms with E-state index in [0.717, 1.165) is 5.90 Å². The van der Waals surface area contributed by atoms with Crippen LogP contribution in [0.1, 0.15) is 13.8 Å². The molecule has 4 nitrogen and oxygen atoms in total. The molecule has 0 bridgehead atoms. The van der Waals surface area contributed by atoms with Crippen LogP contribution in [0.25, 0.3) is 0 Å². The summed E-state index contributed by atoms with van der Waals surface area (Å²) >= 11 is 0. The lowest BCUT2D eigenvalue weighted by Crippen LogP contribution is -2.39. The Morgan fingerprint density at radius 1 is 0.889 bits per heavy atom. The third-order valence-corrected chi connectivity index (χ3v) is 4.06. The molecule has 0 fully saturated rings. The zero-order chi connectivity index (χ0) is 14.1. The lowest BCUT2D eigenvalue weighted by Gasteiger charge is -2.30. The van der Waals surface area contributed by atoms with E-state index in [1.165, 1.54) is 0 Å². The number of hydrogen-bond acceptors (Lipinski definition) is 4. The van der Waals surface area contributed by atoms with Gasteiger partial charge >= 0.3 is 6.02 Å². The Balaban J connectivity index is 2.91. The zero-order valence-corrected chi connectivity index (χ0v) is 14.9. The first-order valence-electron chi connectivity index (χ1n) is 6.52. The maximum absolute atomic E-state index is 6.05. The highest BCUT2D eigenvalue weighted by Crippen LogP contribution is 2.20. The van der Waals surface area contributed by atoms with Crippen molar-refractivity contribution in [3.05, 3.63) is 0 Å². The van der Waals surface area contributed by atoms with Gasteiger partial charge in [0.1, 0.15) is 0 Å². The summed E-state index contributed by atoms with van der Waals surface area (Å²) in [6.07, 6.45) is 0. The van der Waals surface area contributed by atoms with Crippen LogP contribution in [-0.4, -0.2) is 34.6 Å². The van der Waals surface area contributed by atoms with Gasteiger partial charge in [-0.2, -0.15) is 4.99 Å². The highest BCUT2D eigenvalue weighted by Gasteiger charge is 2.31. The molecule has 0 radical (unpaired) electrons. The fourth-order valence-corrected chi connectivity index (χ4v) is 2.97. The minimum absolute atomic E-state index is 0.167. The summed E-state index contributed by atoms with van der Waals surface area (Å²) in [5, 5.41) is 0. The minimum atomic E-state index is -1.67. The first-order chi connectivity index (χ1) is 7.98. The zero-order valence-electron chi connectivity index (χ0n) is 12.9. The molecule has 0 aromatic heterocycles. The molecule has 0 amide bonds. The third kappa shape index (κ3) is 4.93. The minimum Gasteiger partial charge on any atom is -0.534 e. The summed E-state index contributed by atoms with van der Waals surface area (Å²) in [5.74, 6) is 1.02. The monoisotopic (exact) mass is 286 g/mol. The van der Waals surface area contributed by atoms with Crippen molar-refractivity contribution in [1.29, 1.82) is 0 Å². The van der Waals surface area contributed by atoms with Gasteiger partial charge in [-0.05, 0) is 46.2 Å². The Morgan fingerprint density at radius 2 is 1.39 bits per heavy atom. The molecule has 0 N–H and O–H groups in total. The molecule has 0 saturated carbocycles. The predicted molar refractivity (Wildman–Crippen MR) is 82.4 cm³/mol. The van der Waals surface area contributed by atoms with Crippen molar-refractivity contribution in [2.24, 2.45) is 15.9 Å². The molecule has 2 unspecified atom stereocenters. The summed E-state index contributed by atoms with van der Waals surface area (Å²) in [4.78, 5) is 8.98. The molecule has 0 saturated heterocycles. The van der Waals surface area contributed by atoms with Crippen molar-refractivity contribution in [2.75, 3.05) is 0 Å². The molecule has 1 heterocycles. The van der Waals surface area contributed by atoms with Gasteiger partial charge in [0.2, 0.25) is 16.6 Å². The maximum atomic E-state index is 6.05. The molecule has 104 valence electrons. The summed E-state index contributed by atoms with van der Waals surface area (Å²) in [7, 11) is -3.30. The highest BCUT2D eigenvalue weighted by atomic mass is 28.4. The second-order valence-electron chi connectivity index (χ2n) is 6.82. The molecular formula is C12H26N2O2Si2. The van der Waals surface area contributed by atoms with Crippen LogP contribution in [0.5, 0.6) is 0 Å². The number of aliphatic imine (C=N–C) groups is 2. The van der Waals surface area contributed by atoms with Crippen LogP contribution < -0.4 is 0 Å². The van der Waals surface area contributed by atoms with Gasteiger partial charge < -0.3 is 8.85 Å². The number of nitrogens with zero attached hydrogens (tertiary/aromatic N) is 2. The lowest BCUT2D eigenvalue weighted by atomic mass is 10.0. The third-order valence-electron chi connectivity index (χ3n) is 2.44. The van der Waals surface area contributed by atoms with Crippen molar-refractivity contribution >= 4 is 28.6 Å². The fourth-order valence-electron chi connectivity index (χ4n) is 1.47. The quantitative estimate of drug-likeness (QED) is 0.729. The number of rotatable bonds is 2. The standard InChI is InChI=1S/C12H26N2O2Si2/c1-9-10(2)13-12(16-18(6,7)8)14-11(9)15-17(3,4)5/h9-10H,1-8H3. The average Bonchev–Trinajstić information content (AvgIpc) is 2.08. The summed E-state index contributed by atoms with van der Waals surface area (Å²) < 4.78 is 11.9. The molecule has 2 atom stereocenters. The lowest BCUT2D eigenvalue weighted by molar-refractivity contribution is 0.439. The van der Waals surface area contributed by atoms with Gasteiger partial charge in [-0.25, -0.2) is 4.99 Å². The molecule has 18 heavy (non-hydrogen) atoms. The van der Waals surface area contributed by atoms with E-state index in [0.29, 0.717) is 6.02 Å². The van der Waals surface area contributed by atoms with Crippen molar-refractivity contribution in [2.45, 2.75) is 59.2 Å². The molecule has 1 aliphatic heterocycles. The maximum Gasteiger partial charge on any atom is 0.301 e. The Hall–Kier alpha value is -0.626. The van der Waals surface area contributed by atoms with Crippen molar-refractivity contribution in [3.63, 3.8) is 0 Å². The second kappa shape index (κ2) is 5.16. The van der Waals surface area contributed by atoms with Gasteiger partial charge in [0, 0.05) is 0 Å². The van der Waals surface area contributed by atoms with Crippen molar-refractivity contribution in [1.82, 2.24) is 0 Å². The van der Waals surface area contributed by atoms with Crippen LogP contribution in [0.2, 0.25) is 39.3 Å². The fraction of sp³-hybridized carbons (Fsp3) is 0.833. The van der Waals surface area contributed by atoms with Crippen LogP contribution in [0.15, 0.2) is 9.98 Å². The van der Waals surface area contributed by atoms with Crippen molar-refractivity contribution in [3.8, 4) is 0 Å². The Labute approximate surface area is 113 Å². The summed E-state index contributed by atoms with van der Waals surface area (Å²) in [6.45, 7) is 17.1. The Morgan fingerprint density at radius 3 is 1.83 bits per heavy atom. The van der Waals surface area contributed by atoms with E-state index in [2.05, 4.69) is 63.1 Å². The summed E-state index contributed by atoms with van der Waals surface area (Å²) in [6, 6.07) is 0.674. The van der Waals surface area contributed by atoms with Crippen LogP contribution in [0, 0.1) is 5.92 Å². The van der Waals surface area contributed by atoms with E-state index in [9.17, 15) is 0 Å². The van der Waals surface area contributed by atoms with Gasteiger partial charge in [0.05, 0.1) is 12.0 Å². The molecule has 6 heteroatoms. The molecule has 0 aliphatic carbocycles. The van der Waals surface area contributed by atoms with Crippen LogP contribution in [0.4, 0.5) is 0 Å². The van der Waals surface area contributed by atoms with Crippen LogP contribution in [0.3, 0.4) is 0 Å². The van der Waals surface area contributed by atoms with E-state index in [-0.39, 0.29) is 12.0 Å². The molecular weight excluding hydrogens is 260 g/mol. The van der Waals surface area contributed by atoms with E-state index >= 15 is 0 Å². The number of hydrogen-bond donors (Lipinski definition) is 0. The van der Waals surface area contributed by atoms with Crippen molar-refractivity contribution < 1.29 is 8.85 Å². The molecule has 1 aliphatic rings. The molecule has 0 spiro atoms. The molecule has 0 aromatic carbocycles. The molecule has 0 aromatic rings. The molecule has 1 rings (SSSR count). The van der Waals surface area contributed by atoms with Crippen LogP contribution >= 0.6 is 0 Å². The normalized spacial score (nSPS) is 25.3. The van der Waals surface area contributed by atoms with Crippen LogP contribution in [-0.2, 0) is 8.85 Å².